The minimum Gasteiger partial charge on any atom is -0.439 e. The van der Waals surface area contributed by atoms with E-state index in [1.165, 1.54) is 12.8 Å². The van der Waals surface area contributed by atoms with Crippen LogP contribution < -0.4 is 5.73 Å². The van der Waals surface area contributed by atoms with Crippen LogP contribution >= 0.6 is 0 Å². The van der Waals surface area contributed by atoms with Crippen molar-refractivity contribution in [2.75, 3.05) is 13.1 Å². The normalized spacial score (nSPS) is 19.9. The highest BCUT2D eigenvalue weighted by Crippen LogP contribution is 2.22. The molecule has 2 heterocycles. The van der Waals surface area contributed by atoms with Gasteiger partial charge in [0.2, 0.25) is 5.89 Å². The van der Waals surface area contributed by atoms with Gasteiger partial charge in [-0.05, 0) is 50.9 Å². The highest BCUT2D eigenvalue weighted by molar-refractivity contribution is 5.72. The molecule has 4 heteroatoms. The second-order valence-corrected chi connectivity index (χ2v) is 5.55. The van der Waals surface area contributed by atoms with Crippen LogP contribution in [-0.4, -0.2) is 29.0 Å². The number of rotatable bonds is 3. The fourth-order valence-electron chi connectivity index (χ4n) is 2.82. The molecule has 1 fully saturated rings. The van der Waals surface area contributed by atoms with E-state index < -0.39 is 0 Å². The van der Waals surface area contributed by atoms with Gasteiger partial charge >= 0.3 is 0 Å². The molecule has 1 saturated heterocycles. The number of nitrogens with two attached hydrogens (primary N) is 1. The smallest absolute Gasteiger partial charge is 0.209 e. The minimum absolute atomic E-state index is 0.312. The third-order valence-corrected chi connectivity index (χ3v) is 4.07. The van der Waals surface area contributed by atoms with Gasteiger partial charge in [-0.2, -0.15) is 0 Å². The van der Waals surface area contributed by atoms with E-state index in [1.807, 2.05) is 24.3 Å². The van der Waals surface area contributed by atoms with E-state index in [0.29, 0.717) is 12.0 Å². The number of piperidine rings is 1. The lowest BCUT2D eigenvalue weighted by atomic mass is 9.91. The molecule has 0 amide bonds. The number of fused-ring (bicyclic) bond motifs is 1. The standard InChI is InChI=1S/C15H21N3O/c1-11(16)12-6-8-18(9-7-12)10-15-17-13-4-2-3-5-14(13)19-15/h2-5,11-12H,6-10,16H2,1H3. The molecule has 0 bridgehead atoms. The van der Waals surface area contributed by atoms with E-state index >= 15 is 0 Å². The molecule has 2 N–H and O–H groups in total. The van der Waals surface area contributed by atoms with Gasteiger partial charge in [0.1, 0.15) is 5.52 Å². The quantitative estimate of drug-likeness (QED) is 0.919. The van der Waals surface area contributed by atoms with E-state index in [0.717, 1.165) is 36.6 Å². The monoisotopic (exact) mass is 259 g/mol. The van der Waals surface area contributed by atoms with E-state index in [9.17, 15) is 0 Å². The summed E-state index contributed by atoms with van der Waals surface area (Å²) in [7, 11) is 0. The molecular weight excluding hydrogens is 238 g/mol. The Hall–Kier alpha value is -1.39. The average molecular weight is 259 g/mol. The van der Waals surface area contributed by atoms with Gasteiger partial charge in [0.25, 0.3) is 0 Å². The van der Waals surface area contributed by atoms with Gasteiger partial charge in [-0.1, -0.05) is 12.1 Å². The highest BCUT2D eigenvalue weighted by atomic mass is 16.3. The maximum absolute atomic E-state index is 5.97. The molecule has 0 spiro atoms. The number of oxazole rings is 1. The first-order valence-electron chi connectivity index (χ1n) is 7.05. The predicted octanol–water partition coefficient (Wildman–Crippen LogP) is 2.39. The molecule has 2 aromatic rings. The molecule has 1 aliphatic rings. The van der Waals surface area contributed by atoms with Crippen LogP contribution in [0.25, 0.3) is 11.1 Å². The van der Waals surface area contributed by atoms with Crippen molar-refractivity contribution in [3.8, 4) is 0 Å². The largest absolute Gasteiger partial charge is 0.439 e. The van der Waals surface area contributed by atoms with Crippen LogP contribution in [0.5, 0.6) is 0 Å². The minimum atomic E-state index is 0.312. The number of nitrogens with zero attached hydrogens (tertiary/aromatic N) is 2. The lowest BCUT2D eigenvalue weighted by Gasteiger charge is -2.32. The molecule has 0 radical (unpaired) electrons. The van der Waals surface area contributed by atoms with Crippen molar-refractivity contribution in [1.82, 2.24) is 9.88 Å². The van der Waals surface area contributed by atoms with Crippen molar-refractivity contribution in [1.29, 1.82) is 0 Å². The van der Waals surface area contributed by atoms with E-state index in [-0.39, 0.29) is 0 Å². The summed E-state index contributed by atoms with van der Waals surface area (Å²) < 4.78 is 5.77. The molecule has 1 aromatic heterocycles. The molecule has 0 saturated carbocycles. The summed E-state index contributed by atoms with van der Waals surface area (Å²) in [6.07, 6.45) is 2.36. The fraction of sp³-hybridized carbons (Fsp3) is 0.533. The summed E-state index contributed by atoms with van der Waals surface area (Å²) in [4.78, 5) is 6.93. The predicted molar refractivity (Wildman–Crippen MR) is 75.7 cm³/mol. The van der Waals surface area contributed by atoms with Gasteiger partial charge in [0.15, 0.2) is 5.58 Å². The lowest BCUT2D eigenvalue weighted by Crippen LogP contribution is -2.39. The van der Waals surface area contributed by atoms with Crippen LogP contribution in [0.1, 0.15) is 25.7 Å². The number of hydrogen-bond acceptors (Lipinski definition) is 4. The SMILES string of the molecule is CC(N)C1CCN(Cc2nc3ccccc3o2)CC1. The van der Waals surface area contributed by atoms with E-state index in [2.05, 4.69) is 16.8 Å². The van der Waals surface area contributed by atoms with Crippen molar-refractivity contribution < 1.29 is 4.42 Å². The Labute approximate surface area is 113 Å². The molecule has 19 heavy (non-hydrogen) atoms. The van der Waals surface area contributed by atoms with E-state index in [1.54, 1.807) is 0 Å². The average Bonchev–Trinajstić information content (AvgIpc) is 2.81. The fourth-order valence-corrected chi connectivity index (χ4v) is 2.82. The zero-order chi connectivity index (χ0) is 13.2. The first-order valence-corrected chi connectivity index (χ1v) is 7.05. The summed E-state index contributed by atoms with van der Waals surface area (Å²) in [5, 5.41) is 0. The summed E-state index contributed by atoms with van der Waals surface area (Å²) in [5.41, 5.74) is 7.79. The summed E-state index contributed by atoms with van der Waals surface area (Å²) in [6.45, 7) is 5.09. The van der Waals surface area contributed by atoms with Gasteiger partial charge in [-0.15, -0.1) is 0 Å². The van der Waals surface area contributed by atoms with Crippen molar-refractivity contribution in [3.63, 3.8) is 0 Å². The Kier molecular flexibility index (Phi) is 3.53. The first kappa shape index (κ1) is 12.6. The Morgan fingerprint density at radius 2 is 2.11 bits per heavy atom. The Morgan fingerprint density at radius 3 is 2.79 bits per heavy atom. The van der Waals surface area contributed by atoms with Gasteiger partial charge < -0.3 is 10.2 Å². The molecule has 0 aliphatic carbocycles. The van der Waals surface area contributed by atoms with E-state index in [4.69, 9.17) is 10.2 Å². The molecule has 102 valence electrons. The number of para-hydroxylation sites is 2. The maximum Gasteiger partial charge on any atom is 0.209 e. The number of aromatic nitrogens is 1. The van der Waals surface area contributed by atoms with Crippen LogP contribution in [0.15, 0.2) is 28.7 Å². The summed E-state index contributed by atoms with van der Waals surface area (Å²) in [5.74, 6) is 1.49. The van der Waals surface area contributed by atoms with Crippen molar-refractivity contribution >= 4 is 11.1 Å². The number of benzene rings is 1. The molecule has 1 aromatic carbocycles. The first-order chi connectivity index (χ1) is 9.22. The maximum atomic E-state index is 5.97. The third kappa shape index (κ3) is 2.80. The molecule has 1 unspecified atom stereocenters. The van der Waals surface area contributed by atoms with Crippen LogP contribution in [0.3, 0.4) is 0 Å². The van der Waals surface area contributed by atoms with Gasteiger partial charge in [-0.3, -0.25) is 4.90 Å². The molecule has 4 nitrogen and oxygen atoms in total. The Balaban J connectivity index is 1.63. The summed E-state index contributed by atoms with van der Waals surface area (Å²) in [6, 6.07) is 8.24. The van der Waals surface area contributed by atoms with Crippen LogP contribution in [-0.2, 0) is 6.54 Å². The molecule has 1 atom stereocenters. The Morgan fingerprint density at radius 1 is 1.37 bits per heavy atom. The zero-order valence-corrected chi connectivity index (χ0v) is 11.4. The molecular formula is C15H21N3O. The van der Waals surface area contributed by atoms with Crippen molar-refractivity contribution in [2.45, 2.75) is 32.4 Å². The second kappa shape index (κ2) is 5.31. The van der Waals surface area contributed by atoms with Gasteiger partial charge in [0, 0.05) is 6.04 Å². The topological polar surface area (TPSA) is 55.3 Å². The number of likely N-dealkylation sites (tertiary alicyclic amines) is 1. The lowest BCUT2D eigenvalue weighted by molar-refractivity contribution is 0.155. The van der Waals surface area contributed by atoms with Crippen molar-refractivity contribution in [3.05, 3.63) is 30.2 Å². The molecule has 1 aliphatic heterocycles. The van der Waals surface area contributed by atoms with Gasteiger partial charge in [0.05, 0.1) is 6.54 Å². The zero-order valence-electron chi connectivity index (χ0n) is 11.4. The van der Waals surface area contributed by atoms with Crippen molar-refractivity contribution in [2.24, 2.45) is 11.7 Å². The van der Waals surface area contributed by atoms with Crippen LogP contribution in [0, 0.1) is 5.92 Å². The Bertz CT molecular complexity index is 508. The van der Waals surface area contributed by atoms with Crippen LogP contribution in [0.2, 0.25) is 0 Å². The van der Waals surface area contributed by atoms with Gasteiger partial charge in [-0.25, -0.2) is 4.98 Å². The third-order valence-electron chi connectivity index (χ3n) is 4.07. The summed E-state index contributed by atoms with van der Waals surface area (Å²) >= 11 is 0. The number of hydrogen-bond donors (Lipinski definition) is 1. The molecule has 3 rings (SSSR count). The highest BCUT2D eigenvalue weighted by Gasteiger charge is 2.22. The second-order valence-electron chi connectivity index (χ2n) is 5.55. The van der Waals surface area contributed by atoms with Crippen LogP contribution in [0.4, 0.5) is 0 Å².